The Morgan fingerprint density at radius 3 is 2.94 bits per heavy atom. The number of nitrogens with zero attached hydrogens (tertiary/aromatic N) is 3. The maximum Gasteiger partial charge on any atom is 0.160 e. The topological polar surface area (TPSA) is 56.7 Å². The molecule has 2 N–H and O–H groups in total. The van der Waals surface area contributed by atoms with Gasteiger partial charge in [0.05, 0.1) is 5.02 Å². The molecule has 0 bridgehead atoms. The van der Waals surface area contributed by atoms with Crippen molar-refractivity contribution in [3.63, 3.8) is 0 Å². The van der Waals surface area contributed by atoms with E-state index in [2.05, 4.69) is 28.4 Å². The molecule has 0 aliphatic heterocycles. The molecule has 18 heavy (non-hydrogen) atoms. The molecule has 98 valence electrons. The Morgan fingerprint density at radius 2 is 2.28 bits per heavy atom. The Hall–Kier alpha value is -1.13. The van der Waals surface area contributed by atoms with Gasteiger partial charge in [-0.2, -0.15) is 0 Å². The van der Waals surface area contributed by atoms with Crippen molar-refractivity contribution in [1.82, 2.24) is 14.5 Å². The van der Waals surface area contributed by atoms with Crippen LogP contribution in [0.15, 0.2) is 12.3 Å². The van der Waals surface area contributed by atoms with Gasteiger partial charge in [0.15, 0.2) is 5.65 Å². The number of unbranched alkanes of at least 4 members (excludes halogenated alkanes) is 1. The Kier molecular flexibility index (Phi) is 4.19. The number of aromatic nitrogens is 3. The SMILES string of the molecule is CCCCc1nc2cc(Cl)cnc2n1C(C)CN. The summed E-state index contributed by atoms with van der Waals surface area (Å²) in [5.74, 6) is 1.06. The second-order valence-corrected chi connectivity index (χ2v) is 5.02. The van der Waals surface area contributed by atoms with E-state index in [9.17, 15) is 0 Å². The summed E-state index contributed by atoms with van der Waals surface area (Å²) in [5, 5.41) is 0.620. The quantitative estimate of drug-likeness (QED) is 0.905. The maximum atomic E-state index is 5.96. The van der Waals surface area contributed by atoms with Crippen molar-refractivity contribution in [2.45, 2.75) is 39.2 Å². The van der Waals surface area contributed by atoms with E-state index in [0.29, 0.717) is 11.6 Å². The highest BCUT2D eigenvalue weighted by Gasteiger charge is 2.15. The molecule has 0 spiro atoms. The highest BCUT2D eigenvalue weighted by Crippen LogP contribution is 2.22. The predicted molar refractivity (Wildman–Crippen MR) is 74.9 cm³/mol. The molecule has 0 aromatic carbocycles. The molecule has 2 aromatic heterocycles. The third-order valence-corrected chi connectivity index (χ3v) is 3.31. The molecule has 2 heterocycles. The standard InChI is InChI=1S/C13H19ClN4/c1-3-4-5-12-17-11-6-10(14)8-16-13(11)18(12)9(2)7-15/h6,8-9H,3-5,7,15H2,1-2H3. The van der Waals surface area contributed by atoms with Crippen LogP contribution in [0.3, 0.4) is 0 Å². The highest BCUT2D eigenvalue weighted by molar-refractivity contribution is 6.31. The number of hydrogen-bond acceptors (Lipinski definition) is 3. The molecule has 4 nitrogen and oxygen atoms in total. The molecule has 2 rings (SSSR count). The van der Waals surface area contributed by atoms with E-state index in [1.807, 2.05) is 6.07 Å². The normalized spacial score (nSPS) is 13.1. The zero-order chi connectivity index (χ0) is 13.1. The summed E-state index contributed by atoms with van der Waals surface area (Å²) in [4.78, 5) is 9.03. The minimum Gasteiger partial charge on any atom is -0.328 e. The van der Waals surface area contributed by atoms with Gasteiger partial charge in [0.1, 0.15) is 11.3 Å². The molecule has 0 saturated heterocycles. The summed E-state index contributed by atoms with van der Waals surface area (Å²) in [5.41, 5.74) is 7.51. The van der Waals surface area contributed by atoms with Crippen molar-refractivity contribution < 1.29 is 0 Å². The lowest BCUT2D eigenvalue weighted by atomic mass is 10.2. The Morgan fingerprint density at radius 1 is 1.50 bits per heavy atom. The molecule has 1 atom stereocenters. The monoisotopic (exact) mass is 266 g/mol. The predicted octanol–water partition coefficient (Wildman–Crippen LogP) is 2.95. The van der Waals surface area contributed by atoms with Crippen molar-refractivity contribution >= 4 is 22.8 Å². The van der Waals surface area contributed by atoms with E-state index < -0.39 is 0 Å². The molecule has 0 aliphatic rings. The van der Waals surface area contributed by atoms with E-state index in [1.54, 1.807) is 6.20 Å². The molecule has 0 radical (unpaired) electrons. The molecular weight excluding hydrogens is 248 g/mol. The van der Waals surface area contributed by atoms with E-state index in [0.717, 1.165) is 36.3 Å². The third-order valence-electron chi connectivity index (χ3n) is 3.11. The van der Waals surface area contributed by atoms with Gasteiger partial charge >= 0.3 is 0 Å². The molecule has 0 saturated carbocycles. The second kappa shape index (κ2) is 5.67. The van der Waals surface area contributed by atoms with Crippen LogP contribution in [-0.4, -0.2) is 21.1 Å². The largest absolute Gasteiger partial charge is 0.328 e. The minimum absolute atomic E-state index is 0.204. The molecule has 2 aromatic rings. The van der Waals surface area contributed by atoms with Crippen LogP contribution in [0.5, 0.6) is 0 Å². The van der Waals surface area contributed by atoms with Gasteiger partial charge in [0.25, 0.3) is 0 Å². The fourth-order valence-electron chi connectivity index (χ4n) is 2.08. The van der Waals surface area contributed by atoms with Gasteiger partial charge in [-0.15, -0.1) is 0 Å². The van der Waals surface area contributed by atoms with Crippen LogP contribution >= 0.6 is 11.6 Å². The second-order valence-electron chi connectivity index (χ2n) is 4.58. The summed E-state index contributed by atoms with van der Waals surface area (Å²) < 4.78 is 2.14. The molecular formula is C13H19ClN4. The summed E-state index contributed by atoms with van der Waals surface area (Å²) in [6.07, 6.45) is 4.88. The van der Waals surface area contributed by atoms with Crippen molar-refractivity contribution in [1.29, 1.82) is 0 Å². The lowest BCUT2D eigenvalue weighted by molar-refractivity contribution is 0.537. The zero-order valence-electron chi connectivity index (χ0n) is 10.9. The maximum absolute atomic E-state index is 5.96. The summed E-state index contributed by atoms with van der Waals surface area (Å²) >= 11 is 5.96. The van der Waals surface area contributed by atoms with Crippen LogP contribution in [0.1, 0.15) is 38.6 Å². The van der Waals surface area contributed by atoms with E-state index >= 15 is 0 Å². The van der Waals surface area contributed by atoms with Crippen LogP contribution in [0, 0.1) is 0 Å². The number of fused-ring (bicyclic) bond motifs is 1. The summed E-state index contributed by atoms with van der Waals surface area (Å²) in [6.45, 7) is 4.84. The van der Waals surface area contributed by atoms with Crippen molar-refractivity contribution in [2.24, 2.45) is 5.73 Å². The first-order valence-electron chi connectivity index (χ1n) is 6.39. The molecule has 0 amide bonds. The number of imidazole rings is 1. The number of pyridine rings is 1. The van der Waals surface area contributed by atoms with Gasteiger partial charge in [-0.3, -0.25) is 0 Å². The van der Waals surface area contributed by atoms with Gasteiger partial charge < -0.3 is 10.3 Å². The molecule has 0 fully saturated rings. The number of aryl methyl sites for hydroxylation is 1. The number of rotatable bonds is 5. The first-order chi connectivity index (χ1) is 8.67. The first kappa shape index (κ1) is 13.3. The van der Waals surface area contributed by atoms with Gasteiger partial charge in [-0.1, -0.05) is 24.9 Å². The van der Waals surface area contributed by atoms with E-state index in [4.69, 9.17) is 17.3 Å². The number of hydrogen-bond donors (Lipinski definition) is 1. The van der Waals surface area contributed by atoms with Crippen LogP contribution in [-0.2, 0) is 6.42 Å². The Balaban J connectivity index is 2.53. The fraction of sp³-hybridized carbons (Fsp3) is 0.538. The Labute approximate surface area is 112 Å². The molecule has 0 aliphatic carbocycles. The minimum atomic E-state index is 0.204. The third kappa shape index (κ3) is 2.49. The van der Waals surface area contributed by atoms with E-state index in [-0.39, 0.29) is 6.04 Å². The number of nitrogens with two attached hydrogens (primary N) is 1. The van der Waals surface area contributed by atoms with Gasteiger partial charge in [0, 0.05) is 25.2 Å². The van der Waals surface area contributed by atoms with Crippen LogP contribution in [0.25, 0.3) is 11.2 Å². The first-order valence-corrected chi connectivity index (χ1v) is 6.77. The molecule has 5 heteroatoms. The molecule has 1 unspecified atom stereocenters. The van der Waals surface area contributed by atoms with Crippen LogP contribution < -0.4 is 5.73 Å². The summed E-state index contributed by atoms with van der Waals surface area (Å²) in [6, 6.07) is 2.06. The zero-order valence-corrected chi connectivity index (χ0v) is 11.6. The van der Waals surface area contributed by atoms with Gasteiger partial charge in [0.2, 0.25) is 0 Å². The number of halogens is 1. The average molecular weight is 267 g/mol. The fourth-order valence-corrected chi connectivity index (χ4v) is 2.24. The lowest BCUT2D eigenvalue weighted by Crippen LogP contribution is -2.18. The van der Waals surface area contributed by atoms with Crippen molar-refractivity contribution in [3.05, 3.63) is 23.1 Å². The van der Waals surface area contributed by atoms with Crippen molar-refractivity contribution in [3.8, 4) is 0 Å². The van der Waals surface area contributed by atoms with Crippen LogP contribution in [0.4, 0.5) is 0 Å². The van der Waals surface area contributed by atoms with Crippen LogP contribution in [0.2, 0.25) is 5.02 Å². The lowest BCUT2D eigenvalue weighted by Gasteiger charge is -2.14. The Bertz CT molecular complexity index is 535. The van der Waals surface area contributed by atoms with Gasteiger partial charge in [-0.05, 0) is 19.4 Å². The van der Waals surface area contributed by atoms with Crippen molar-refractivity contribution in [2.75, 3.05) is 6.54 Å². The van der Waals surface area contributed by atoms with Gasteiger partial charge in [-0.25, -0.2) is 9.97 Å². The summed E-state index contributed by atoms with van der Waals surface area (Å²) in [7, 11) is 0. The average Bonchev–Trinajstić information content (AvgIpc) is 2.72. The highest BCUT2D eigenvalue weighted by atomic mass is 35.5. The smallest absolute Gasteiger partial charge is 0.160 e. The van der Waals surface area contributed by atoms with E-state index in [1.165, 1.54) is 0 Å².